The Kier molecular flexibility index (Phi) is 4.92. The van der Waals surface area contributed by atoms with Gasteiger partial charge < -0.3 is 10.0 Å². The number of aryl methyl sites for hydroxylation is 1. The number of amides is 1. The van der Waals surface area contributed by atoms with Gasteiger partial charge in [-0.25, -0.2) is 4.79 Å². The molecule has 0 unspecified atom stereocenters. The molecule has 0 saturated heterocycles. The van der Waals surface area contributed by atoms with Gasteiger partial charge in [0.05, 0.1) is 0 Å². The highest BCUT2D eigenvalue weighted by molar-refractivity contribution is 6.31. The highest BCUT2D eigenvalue weighted by atomic mass is 35.5. The normalized spacial score (nSPS) is 10.6. The lowest BCUT2D eigenvalue weighted by Gasteiger charge is -2.16. The van der Waals surface area contributed by atoms with Crippen LogP contribution in [0.5, 0.6) is 0 Å². The van der Waals surface area contributed by atoms with Crippen LogP contribution in [0.4, 0.5) is 5.69 Å². The molecule has 0 spiro atoms. The summed E-state index contributed by atoms with van der Waals surface area (Å²) in [5.41, 5.74) is 1.62. The molecule has 5 heteroatoms. The summed E-state index contributed by atoms with van der Waals surface area (Å²) < 4.78 is 0. The smallest absolute Gasteiger partial charge is 0.328 e. The van der Waals surface area contributed by atoms with Gasteiger partial charge in [-0.1, -0.05) is 18.5 Å². The SMILES string of the molecule is CCc1cc(N(C)C(=O)/C=C/C(=O)O)ccc1Cl. The third kappa shape index (κ3) is 3.60. The standard InChI is InChI=1S/C13H14ClNO3/c1-3-9-8-10(4-5-11(9)14)15(2)12(16)6-7-13(17)18/h4-8H,3H2,1-2H3,(H,17,18)/b7-6+. The fraction of sp³-hybridized carbons (Fsp3) is 0.231. The van der Waals surface area contributed by atoms with Gasteiger partial charge in [-0.05, 0) is 30.2 Å². The van der Waals surface area contributed by atoms with Gasteiger partial charge >= 0.3 is 5.97 Å². The van der Waals surface area contributed by atoms with Crippen LogP contribution in [0.2, 0.25) is 5.02 Å². The van der Waals surface area contributed by atoms with Gasteiger partial charge in [0.1, 0.15) is 0 Å². The third-order valence-electron chi connectivity index (χ3n) is 2.50. The van der Waals surface area contributed by atoms with E-state index in [9.17, 15) is 9.59 Å². The second-order valence-electron chi connectivity index (χ2n) is 3.70. The maximum Gasteiger partial charge on any atom is 0.328 e. The highest BCUT2D eigenvalue weighted by Crippen LogP contribution is 2.23. The molecule has 0 radical (unpaired) electrons. The van der Waals surface area contributed by atoms with Crippen LogP contribution in [0.25, 0.3) is 0 Å². The lowest BCUT2D eigenvalue weighted by molar-refractivity contribution is -0.131. The van der Waals surface area contributed by atoms with Crippen molar-refractivity contribution in [1.82, 2.24) is 0 Å². The minimum atomic E-state index is -1.15. The first kappa shape index (κ1) is 14.3. The summed E-state index contributed by atoms with van der Waals surface area (Å²) in [6.45, 7) is 1.97. The number of nitrogens with zero attached hydrogens (tertiary/aromatic N) is 1. The number of halogens is 1. The molecule has 18 heavy (non-hydrogen) atoms. The summed E-state index contributed by atoms with van der Waals surface area (Å²) in [6.07, 6.45) is 2.59. The first-order chi connectivity index (χ1) is 8.45. The maximum atomic E-state index is 11.7. The van der Waals surface area contributed by atoms with Gasteiger partial charge in [0, 0.05) is 29.9 Å². The summed E-state index contributed by atoms with van der Waals surface area (Å²) >= 11 is 5.99. The van der Waals surface area contributed by atoms with E-state index in [-0.39, 0.29) is 0 Å². The van der Waals surface area contributed by atoms with E-state index in [0.29, 0.717) is 10.7 Å². The lowest BCUT2D eigenvalue weighted by atomic mass is 10.1. The van der Waals surface area contributed by atoms with Crippen LogP contribution in [-0.2, 0) is 16.0 Å². The van der Waals surface area contributed by atoms with Gasteiger partial charge in [0.25, 0.3) is 5.91 Å². The average Bonchev–Trinajstić information content (AvgIpc) is 2.35. The maximum absolute atomic E-state index is 11.7. The zero-order chi connectivity index (χ0) is 13.7. The van der Waals surface area contributed by atoms with Crippen molar-refractivity contribution in [3.05, 3.63) is 40.9 Å². The predicted molar refractivity (Wildman–Crippen MR) is 71.0 cm³/mol. The number of benzene rings is 1. The van der Waals surface area contributed by atoms with E-state index >= 15 is 0 Å². The van der Waals surface area contributed by atoms with Gasteiger partial charge in [0.15, 0.2) is 0 Å². The number of hydrogen-bond donors (Lipinski definition) is 1. The highest BCUT2D eigenvalue weighted by Gasteiger charge is 2.09. The fourth-order valence-corrected chi connectivity index (χ4v) is 1.67. The molecule has 1 aromatic rings. The second kappa shape index (κ2) is 6.21. The Balaban J connectivity index is 2.93. The monoisotopic (exact) mass is 267 g/mol. The molecule has 0 bridgehead atoms. The summed E-state index contributed by atoms with van der Waals surface area (Å²) in [7, 11) is 1.58. The minimum Gasteiger partial charge on any atom is -0.478 e. The van der Waals surface area contributed by atoms with Crippen LogP contribution in [0.1, 0.15) is 12.5 Å². The van der Waals surface area contributed by atoms with Crippen molar-refractivity contribution < 1.29 is 14.7 Å². The molecule has 0 aliphatic heterocycles. The van der Waals surface area contributed by atoms with Gasteiger partial charge in [-0.15, -0.1) is 0 Å². The largest absolute Gasteiger partial charge is 0.478 e. The molecule has 0 aromatic heterocycles. The van der Waals surface area contributed by atoms with Crippen molar-refractivity contribution in [3.63, 3.8) is 0 Å². The number of aliphatic carboxylic acids is 1. The number of carboxylic acids is 1. The number of rotatable bonds is 4. The summed E-state index contributed by atoms with van der Waals surface area (Å²) in [6, 6.07) is 5.25. The summed E-state index contributed by atoms with van der Waals surface area (Å²) in [5.74, 6) is -1.55. The molecule has 0 aliphatic rings. The first-order valence-electron chi connectivity index (χ1n) is 5.42. The molecule has 1 rings (SSSR count). The van der Waals surface area contributed by atoms with Crippen molar-refractivity contribution in [2.75, 3.05) is 11.9 Å². The summed E-state index contributed by atoms with van der Waals surface area (Å²) in [4.78, 5) is 23.4. The topological polar surface area (TPSA) is 57.6 Å². The Bertz CT molecular complexity index is 497. The molecule has 1 amide bonds. The van der Waals surface area contributed by atoms with Crippen molar-refractivity contribution in [2.45, 2.75) is 13.3 Å². The predicted octanol–water partition coefficient (Wildman–Crippen LogP) is 2.51. The van der Waals surface area contributed by atoms with Crippen LogP contribution >= 0.6 is 11.6 Å². The van der Waals surface area contributed by atoms with E-state index in [2.05, 4.69) is 0 Å². The lowest BCUT2D eigenvalue weighted by Crippen LogP contribution is -2.24. The van der Waals surface area contributed by atoms with E-state index < -0.39 is 11.9 Å². The number of likely N-dealkylation sites (N-methyl/N-ethyl adjacent to an activating group) is 1. The molecule has 1 N–H and O–H groups in total. The zero-order valence-corrected chi connectivity index (χ0v) is 10.9. The Morgan fingerprint density at radius 1 is 1.39 bits per heavy atom. The second-order valence-corrected chi connectivity index (χ2v) is 4.11. The molecule has 0 atom stereocenters. The zero-order valence-electron chi connectivity index (χ0n) is 10.2. The number of anilines is 1. The molecule has 0 aliphatic carbocycles. The van der Waals surface area contributed by atoms with Gasteiger partial charge in [-0.2, -0.15) is 0 Å². The number of carboxylic acid groups (broad SMARTS) is 1. The molecular formula is C13H14ClNO3. The Morgan fingerprint density at radius 2 is 2.06 bits per heavy atom. The van der Waals surface area contributed by atoms with E-state index in [1.165, 1.54) is 4.90 Å². The van der Waals surface area contributed by atoms with E-state index in [0.717, 1.165) is 24.1 Å². The Morgan fingerprint density at radius 3 is 2.61 bits per heavy atom. The van der Waals surface area contributed by atoms with E-state index in [1.54, 1.807) is 19.2 Å². The molecule has 4 nitrogen and oxygen atoms in total. The quantitative estimate of drug-likeness (QED) is 0.853. The molecule has 96 valence electrons. The fourth-order valence-electron chi connectivity index (χ4n) is 1.42. The van der Waals surface area contributed by atoms with Crippen LogP contribution in [0.3, 0.4) is 0 Å². The van der Waals surface area contributed by atoms with Crippen LogP contribution < -0.4 is 4.90 Å². The van der Waals surface area contributed by atoms with E-state index in [1.807, 2.05) is 13.0 Å². The van der Waals surface area contributed by atoms with Crippen LogP contribution in [0.15, 0.2) is 30.4 Å². The number of hydrogen-bond acceptors (Lipinski definition) is 2. The minimum absolute atomic E-state index is 0.401. The van der Waals surface area contributed by atoms with Crippen LogP contribution in [0, 0.1) is 0 Å². The Labute approximate surface area is 110 Å². The molecule has 0 saturated carbocycles. The number of carbonyl (C=O) groups is 2. The van der Waals surface area contributed by atoms with Crippen molar-refractivity contribution >= 4 is 29.2 Å². The van der Waals surface area contributed by atoms with Crippen LogP contribution in [-0.4, -0.2) is 24.0 Å². The molecule has 0 fully saturated rings. The van der Waals surface area contributed by atoms with Gasteiger partial charge in [-0.3, -0.25) is 4.79 Å². The molecular weight excluding hydrogens is 254 g/mol. The van der Waals surface area contributed by atoms with Crippen molar-refractivity contribution in [2.24, 2.45) is 0 Å². The van der Waals surface area contributed by atoms with E-state index in [4.69, 9.17) is 16.7 Å². The third-order valence-corrected chi connectivity index (χ3v) is 2.87. The molecule has 1 aromatic carbocycles. The van der Waals surface area contributed by atoms with Crippen molar-refractivity contribution in [1.29, 1.82) is 0 Å². The van der Waals surface area contributed by atoms with Crippen molar-refractivity contribution in [3.8, 4) is 0 Å². The molecule has 0 heterocycles. The average molecular weight is 268 g/mol. The first-order valence-corrected chi connectivity index (χ1v) is 5.80. The summed E-state index contributed by atoms with van der Waals surface area (Å²) in [5, 5.41) is 9.11. The number of carbonyl (C=O) groups excluding carboxylic acids is 1. The Hall–Kier alpha value is -1.81. The van der Waals surface area contributed by atoms with Gasteiger partial charge in [0.2, 0.25) is 0 Å².